The number of alkyl halides is 4. The maximum Gasteiger partial charge on any atom is 0.340 e. The Bertz CT molecular complexity index is 470. The van der Waals surface area contributed by atoms with Crippen molar-refractivity contribution in [2.75, 3.05) is 6.61 Å². The number of ether oxygens (including phenoxy) is 1. The largest absolute Gasteiger partial charge is 0.456 e. The van der Waals surface area contributed by atoms with E-state index in [2.05, 4.69) is 17.9 Å². The fraction of sp³-hybridized carbons (Fsp3) is 0.267. The molecule has 116 valence electrons. The van der Waals surface area contributed by atoms with Gasteiger partial charge in [-0.25, -0.2) is 13.6 Å². The third-order valence-electron chi connectivity index (χ3n) is 2.10. The van der Waals surface area contributed by atoms with Crippen LogP contribution >= 0.6 is 0 Å². The average molecular weight is 304 g/mol. The molecule has 2 nitrogen and oxygen atoms in total. The lowest BCUT2D eigenvalue weighted by Gasteiger charge is -2.14. The van der Waals surface area contributed by atoms with Crippen molar-refractivity contribution in [3.05, 3.63) is 54.6 Å². The Balaban J connectivity index is 0.000000423. The van der Waals surface area contributed by atoms with Gasteiger partial charge in [0, 0.05) is 5.57 Å². The highest BCUT2D eigenvalue weighted by Crippen LogP contribution is 2.23. The minimum absolute atomic E-state index is 0.120. The second kappa shape index (κ2) is 8.94. The molecular formula is C15H16F4O2. The fourth-order valence-electron chi connectivity index (χ4n) is 0.937. The van der Waals surface area contributed by atoms with E-state index in [-0.39, 0.29) is 5.57 Å². The molecule has 0 bridgehead atoms. The van der Waals surface area contributed by atoms with Crippen LogP contribution in [-0.4, -0.2) is 24.9 Å². The van der Waals surface area contributed by atoms with Crippen LogP contribution in [0.5, 0.6) is 0 Å². The van der Waals surface area contributed by atoms with Crippen LogP contribution in [0, 0.1) is 0 Å². The van der Waals surface area contributed by atoms with Crippen molar-refractivity contribution in [3.63, 3.8) is 0 Å². The van der Waals surface area contributed by atoms with Gasteiger partial charge in [-0.2, -0.15) is 8.78 Å². The maximum absolute atomic E-state index is 12.1. The number of carbonyl (C=O) groups is 1. The van der Waals surface area contributed by atoms with Crippen LogP contribution in [0.15, 0.2) is 49.1 Å². The molecule has 6 heteroatoms. The highest BCUT2D eigenvalue weighted by molar-refractivity contribution is 5.86. The Morgan fingerprint density at radius 1 is 1.33 bits per heavy atom. The zero-order valence-electron chi connectivity index (χ0n) is 11.5. The van der Waals surface area contributed by atoms with Gasteiger partial charge in [0.05, 0.1) is 0 Å². The van der Waals surface area contributed by atoms with E-state index < -0.39 is 24.9 Å². The summed E-state index contributed by atoms with van der Waals surface area (Å²) in [6, 6.07) is 10.0. The van der Waals surface area contributed by atoms with Gasteiger partial charge in [-0.1, -0.05) is 49.6 Å². The molecule has 0 aliphatic heterocycles. The van der Waals surface area contributed by atoms with Gasteiger partial charge in [0.1, 0.15) is 0 Å². The van der Waals surface area contributed by atoms with Gasteiger partial charge in [0.15, 0.2) is 6.61 Å². The van der Waals surface area contributed by atoms with Crippen LogP contribution in [0.3, 0.4) is 0 Å². The van der Waals surface area contributed by atoms with Crippen molar-refractivity contribution in [3.8, 4) is 0 Å². The molecule has 0 aliphatic rings. The van der Waals surface area contributed by atoms with Crippen molar-refractivity contribution in [2.45, 2.75) is 19.3 Å². The number of hydrogen-bond donors (Lipinski definition) is 0. The lowest BCUT2D eigenvalue weighted by Crippen LogP contribution is -2.33. The first kappa shape index (κ1) is 18.9. The molecular weight excluding hydrogens is 288 g/mol. The number of halogens is 4. The van der Waals surface area contributed by atoms with Crippen molar-refractivity contribution >= 4 is 12.0 Å². The Kier molecular flexibility index (Phi) is 8.04. The molecule has 21 heavy (non-hydrogen) atoms. The summed E-state index contributed by atoms with van der Waals surface area (Å²) in [5.74, 6) is -5.41. The topological polar surface area (TPSA) is 26.3 Å². The van der Waals surface area contributed by atoms with E-state index in [4.69, 9.17) is 0 Å². The van der Waals surface area contributed by atoms with E-state index in [9.17, 15) is 22.4 Å². The van der Waals surface area contributed by atoms with Gasteiger partial charge in [0.25, 0.3) is 0 Å². The quantitative estimate of drug-likeness (QED) is 0.459. The number of rotatable bonds is 5. The van der Waals surface area contributed by atoms with Crippen molar-refractivity contribution in [1.29, 1.82) is 0 Å². The average Bonchev–Trinajstić information content (AvgIpc) is 2.46. The van der Waals surface area contributed by atoms with Crippen LogP contribution in [0.2, 0.25) is 0 Å². The van der Waals surface area contributed by atoms with Crippen LogP contribution in [0.1, 0.15) is 12.5 Å². The summed E-state index contributed by atoms with van der Waals surface area (Å²) in [7, 11) is 0. The summed E-state index contributed by atoms with van der Waals surface area (Å²) in [4.78, 5) is 10.5. The highest BCUT2D eigenvalue weighted by atomic mass is 19.3. The smallest absolute Gasteiger partial charge is 0.340 e. The van der Waals surface area contributed by atoms with Gasteiger partial charge < -0.3 is 4.74 Å². The van der Waals surface area contributed by atoms with E-state index in [1.54, 1.807) is 0 Å². The van der Waals surface area contributed by atoms with Gasteiger partial charge in [-0.05, 0) is 12.5 Å². The zero-order valence-corrected chi connectivity index (χ0v) is 11.5. The molecule has 1 rings (SSSR count). The van der Waals surface area contributed by atoms with Crippen LogP contribution in [-0.2, 0) is 9.53 Å². The molecule has 0 radical (unpaired) electrons. The SMILES string of the molecule is C=C(C)C(=O)OCC(F)(F)C(F)F.C=Cc1ccccc1. The van der Waals surface area contributed by atoms with E-state index in [1.807, 2.05) is 36.4 Å². The molecule has 0 fully saturated rings. The van der Waals surface area contributed by atoms with Gasteiger partial charge in [0.2, 0.25) is 0 Å². The molecule has 0 spiro atoms. The summed E-state index contributed by atoms with van der Waals surface area (Å²) in [6.07, 6.45) is -2.01. The fourth-order valence-corrected chi connectivity index (χ4v) is 0.937. The van der Waals surface area contributed by atoms with Crippen LogP contribution < -0.4 is 0 Å². The third-order valence-corrected chi connectivity index (χ3v) is 2.10. The third kappa shape index (κ3) is 7.91. The first-order valence-electron chi connectivity index (χ1n) is 5.86. The van der Waals surface area contributed by atoms with Crippen LogP contribution in [0.4, 0.5) is 17.6 Å². The molecule has 1 aromatic carbocycles. The number of carbonyl (C=O) groups excluding carboxylic acids is 1. The standard InChI is InChI=1S/C8H8.C7H8F4O2/c1-2-8-6-4-3-5-7-8;1-4(2)5(12)13-3-7(10,11)6(8)9/h2-7H,1H2;6H,1,3H2,2H3. The first-order chi connectivity index (χ1) is 9.70. The van der Waals surface area contributed by atoms with Crippen molar-refractivity contribution in [2.24, 2.45) is 0 Å². The van der Waals surface area contributed by atoms with Gasteiger partial charge in [-0.15, -0.1) is 0 Å². The summed E-state index contributed by atoms with van der Waals surface area (Å²) >= 11 is 0. The Hall–Kier alpha value is -2.11. The second-order valence-electron chi connectivity index (χ2n) is 4.03. The van der Waals surface area contributed by atoms with Crippen molar-refractivity contribution in [1.82, 2.24) is 0 Å². The van der Waals surface area contributed by atoms with E-state index >= 15 is 0 Å². The lowest BCUT2D eigenvalue weighted by atomic mass is 10.2. The molecule has 0 saturated heterocycles. The highest BCUT2D eigenvalue weighted by Gasteiger charge is 2.42. The van der Waals surface area contributed by atoms with E-state index in [0.29, 0.717) is 0 Å². The molecule has 0 aromatic heterocycles. The summed E-state index contributed by atoms with van der Waals surface area (Å²) in [5, 5.41) is 0. The zero-order chi connectivity index (χ0) is 16.5. The van der Waals surface area contributed by atoms with Crippen LogP contribution in [0.25, 0.3) is 6.08 Å². The lowest BCUT2D eigenvalue weighted by molar-refractivity contribution is -0.176. The molecule has 0 aliphatic carbocycles. The molecule has 0 N–H and O–H groups in total. The minimum atomic E-state index is -4.30. The summed E-state index contributed by atoms with van der Waals surface area (Å²) in [6.45, 7) is 6.32. The van der Waals surface area contributed by atoms with Crippen molar-refractivity contribution < 1.29 is 27.1 Å². The Labute approximate surface area is 120 Å². The Morgan fingerprint density at radius 2 is 1.86 bits per heavy atom. The van der Waals surface area contributed by atoms with E-state index in [1.165, 1.54) is 12.5 Å². The predicted molar refractivity (Wildman–Crippen MR) is 73.3 cm³/mol. The normalized spacial score (nSPS) is 10.4. The van der Waals surface area contributed by atoms with Gasteiger partial charge >= 0.3 is 18.3 Å². The summed E-state index contributed by atoms with van der Waals surface area (Å²) in [5.41, 5.74) is 1.05. The molecule has 1 aromatic rings. The molecule has 0 unspecified atom stereocenters. The Morgan fingerprint density at radius 3 is 2.19 bits per heavy atom. The first-order valence-corrected chi connectivity index (χ1v) is 5.86. The van der Waals surface area contributed by atoms with E-state index in [0.717, 1.165) is 0 Å². The molecule has 0 saturated carbocycles. The van der Waals surface area contributed by atoms with Gasteiger partial charge in [-0.3, -0.25) is 0 Å². The molecule has 0 heterocycles. The summed E-state index contributed by atoms with van der Waals surface area (Å²) < 4.78 is 51.1. The molecule has 0 atom stereocenters. The minimum Gasteiger partial charge on any atom is -0.456 e. The maximum atomic E-state index is 12.1. The number of hydrogen-bond acceptors (Lipinski definition) is 2. The number of benzene rings is 1. The molecule has 0 amide bonds. The predicted octanol–water partition coefficient (Wildman–Crippen LogP) is 4.34. The second-order valence-corrected chi connectivity index (χ2v) is 4.03. The monoisotopic (exact) mass is 304 g/mol. The number of esters is 1.